The Morgan fingerprint density at radius 3 is 2.83 bits per heavy atom. The molecule has 5 nitrogen and oxygen atoms in total. The molecular weight excluding hydrogens is 301 g/mol. The smallest absolute Gasteiger partial charge is 0.404 e. The Morgan fingerprint density at radius 1 is 1.26 bits per heavy atom. The second kappa shape index (κ2) is 6.10. The Hall–Kier alpha value is -2.86. The molecule has 0 fully saturated rings. The maximum Gasteiger partial charge on any atom is 0.404 e. The molecule has 1 amide bonds. The second-order valence-electron chi connectivity index (χ2n) is 5.08. The highest BCUT2D eigenvalue weighted by Gasteiger charge is 2.15. The zero-order valence-corrected chi connectivity index (χ0v) is 12.0. The molecule has 0 saturated carbocycles. The van der Waals surface area contributed by atoms with Crippen LogP contribution in [0.15, 0.2) is 47.1 Å². The summed E-state index contributed by atoms with van der Waals surface area (Å²) in [6, 6.07) is 10.3. The molecule has 0 unspecified atom stereocenters. The number of amides is 1. The van der Waals surface area contributed by atoms with E-state index in [-0.39, 0.29) is 12.1 Å². The van der Waals surface area contributed by atoms with Gasteiger partial charge >= 0.3 is 6.09 Å². The average Bonchev–Trinajstić information content (AvgIpc) is 3.04. The second-order valence-corrected chi connectivity index (χ2v) is 5.08. The van der Waals surface area contributed by atoms with Crippen molar-refractivity contribution in [3.63, 3.8) is 0 Å². The van der Waals surface area contributed by atoms with Crippen LogP contribution >= 0.6 is 0 Å². The molecule has 0 aliphatic heterocycles. The van der Waals surface area contributed by atoms with E-state index in [0.717, 1.165) is 11.1 Å². The molecule has 23 heavy (non-hydrogen) atoms. The Labute approximate surface area is 131 Å². The summed E-state index contributed by atoms with van der Waals surface area (Å²) in [5.74, 6) is -0.497. The van der Waals surface area contributed by atoms with Crippen LogP contribution in [0.4, 0.5) is 9.18 Å². The quantitative estimate of drug-likeness (QED) is 0.688. The number of carboxylic acid groups (broad SMARTS) is 1. The van der Waals surface area contributed by atoms with Gasteiger partial charge in [0.2, 0.25) is 0 Å². The van der Waals surface area contributed by atoms with E-state index >= 15 is 0 Å². The molecule has 0 aliphatic rings. The van der Waals surface area contributed by atoms with E-state index in [1.165, 1.54) is 12.3 Å². The zero-order valence-electron chi connectivity index (χ0n) is 12.0. The molecule has 6 heteroatoms. The van der Waals surface area contributed by atoms with Crippen LogP contribution in [0, 0.1) is 5.82 Å². The third kappa shape index (κ3) is 2.89. The van der Waals surface area contributed by atoms with Gasteiger partial charge in [-0.25, -0.2) is 9.18 Å². The summed E-state index contributed by atoms with van der Waals surface area (Å²) in [6.07, 6.45) is 0.294. The van der Waals surface area contributed by atoms with Crippen LogP contribution in [-0.4, -0.2) is 16.3 Å². The van der Waals surface area contributed by atoms with E-state index in [0.29, 0.717) is 16.5 Å². The molecule has 2 aromatic carbocycles. The molecule has 0 radical (unpaired) electrons. The maximum absolute atomic E-state index is 14.2. The van der Waals surface area contributed by atoms with Gasteiger partial charge in [-0.2, -0.15) is 0 Å². The van der Waals surface area contributed by atoms with E-state index in [9.17, 15) is 14.3 Å². The van der Waals surface area contributed by atoms with Crippen LogP contribution in [0.5, 0.6) is 0 Å². The van der Waals surface area contributed by atoms with Crippen molar-refractivity contribution in [2.45, 2.75) is 13.2 Å². The Bertz CT molecular complexity index is 872. The third-order valence-corrected chi connectivity index (χ3v) is 3.60. The van der Waals surface area contributed by atoms with Crippen molar-refractivity contribution in [2.75, 3.05) is 0 Å². The van der Waals surface area contributed by atoms with Crippen LogP contribution in [-0.2, 0) is 13.2 Å². The number of carbonyl (C=O) groups is 1. The first kappa shape index (κ1) is 15.1. The van der Waals surface area contributed by atoms with Crippen LogP contribution in [0.1, 0.15) is 11.1 Å². The fourth-order valence-corrected chi connectivity index (χ4v) is 2.52. The molecule has 3 aromatic rings. The molecule has 0 atom stereocenters. The number of aliphatic hydroxyl groups excluding tert-OH is 1. The largest absolute Gasteiger partial charge is 0.465 e. The number of benzene rings is 2. The monoisotopic (exact) mass is 315 g/mol. The lowest BCUT2D eigenvalue weighted by molar-refractivity contribution is 0.194. The minimum absolute atomic E-state index is 0.165. The molecule has 0 saturated heterocycles. The lowest BCUT2D eigenvalue weighted by Crippen LogP contribution is -2.19. The van der Waals surface area contributed by atoms with Gasteiger partial charge in [0.1, 0.15) is 11.4 Å². The molecule has 0 spiro atoms. The van der Waals surface area contributed by atoms with Crippen molar-refractivity contribution < 1.29 is 23.8 Å². The lowest BCUT2D eigenvalue weighted by atomic mass is 9.98. The minimum atomic E-state index is -1.10. The number of hydrogen-bond acceptors (Lipinski definition) is 3. The first-order valence-electron chi connectivity index (χ1n) is 6.95. The zero-order chi connectivity index (χ0) is 16.4. The molecule has 3 N–H and O–H groups in total. The summed E-state index contributed by atoms with van der Waals surface area (Å²) in [6.45, 7) is -0.251. The van der Waals surface area contributed by atoms with Gasteiger partial charge in [0.05, 0.1) is 18.3 Å². The molecule has 118 valence electrons. The predicted molar refractivity (Wildman–Crippen MR) is 82.4 cm³/mol. The number of rotatable bonds is 4. The van der Waals surface area contributed by atoms with Crippen LogP contribution in [0.25, 0.3) is 22.1 Å². The third-order valence-electron chi connectivity index (χ3n) is 3.60. The van der Waals surface area contributed by atoms with Gasteiger partial charge in [0.25, 0.3) is 0 Å². The number of nitrogens with one attached hydrogen (secondary N) is 1. The number of fused-ring (bicyclic) bond motifs is 1. The summed E-state index contributed by atoms with van der Waals surface area (Å²) in [5, 5.41) is 20.6. The van der Waals surface area contributed by atoms with Gasteiger partial charge < -0.3 is 19.9 Å². The molecular formula is C17H14FNO4. The van der Waals surface area contributed by atoms with Gasteiger partial charge in [-0.15, -0.1) is 0 Å². The van der Waals surface area contributed by atoms with Crippen LogP contribution in [0.3, 0.4) is 0 Å². The fourth-order valence-electron chi connectivity index (χ4n) is 2.52. The minimum Gasteiger partial charge on any atom is -0.465 e. The van der Waals surface area contributed by atoms with Gasteiger partial charge in [-0.05, 0) is 29.3 Å². The molecule has 1 aromatic heterocycles. The topological polar surface area (TPSA) is 82.7 Å². The van der Waals surface area contributed by atoms with Crippen molar-refractivity contribution >= 4 is 17.1 Å². The van der Waals surface area contributed by atoms with Gasteiger partial charge in [0.15, 0.2) is 0 Å². The van der Waals surface area contributed by atoms with E-state index in [2.05, 4.69) is 5.32 Å². The van der Waals surface area contributed by atoms with E-state index in [1.54, 1.807) is 24.3 Å². The number of aliphatic hydroxyl groups is 1. The molecule has 1 heterocycles. The first-order valence-corrected chi connectivity index (χ1v) is 6.95. The van der Waals surface area contributed by atoms with Gasteiger partial charge in [-0.1, -0.05) is 18.2 Å². The summed E-state index contributed by atoms with van der Waals surface area (Å²) < 4.78 is 19.6. The van der Waals surface area contributed by atoms with Gasteiger partial charge in [-0.3, -0.25) is 0 Å². The van der Waals surface area contributed by atoms with Crippen molar-refractivity contribution in [3.05, 3.63) is 59.6 Å². The van der Waals surface area contributed by atoms with Crippen LogP contribution < -0.4 is 5.32 Å². The number of halogens is 1. The number of furan rings is 1. The molecule has 0 bridgehead atoms. The Kier molecular flexibility index (Phi) is 3.99. The van der Waals surface area contributed by atoms with Crippen molar-refractivity contribution in [2.24, 2.45) is 0 Å². The number of hydrogen-bond donors (Lipinski definition) is 3. The predicted octanol–water partition coefficient (Wildman–Crippen LogP) is 3.50. The fraction of sp³-hybridized carbons (Fsp3) is 0.118. The summed E-state index contributed by atoms with van der Waals surface area (Å²) in [7, 11) is 0. The van der Waals surface area contributed by atoms with Crippen molar-refractivity contribution in [1.29, 1.82) is 0 Å². The van der Waals surface area contributed by atoms with Crippen LogP contribution in [0.2, 0.25) is 0 Å². The summed E-state index contributed by atoms with van der Waals surface area (Å²) in [5.41, 5.74) is 2.74. The molecule has 0 aliphatic carbocycles. The van der Waals surface area contributed by atoms with E-state index in [1.807, 2.05) is 6.07 Å². The highest BCUT2D eigenvalue weighted by Crippen LogP contribution is 2.33. The Balaban J connectivity index is 2.09. The highest BCUT2D eigenvalue weighted by atomic mass is 19.1. The lowest BCUT2D eigenvalue weighted by Gasteiger charge is -2.09. The average molecular weight is 315 g/mol. The van der Waals surface area contributed by atoms with Gasteiger partial charge in [0, 0.05) is 17.7 Å². The Morgan fingerprint density at radius 2 is 2.09 bits per heavy atom. The standard InChI is InChI=1S/C17H14FNO4/c18-15-12(9-20)7-14(16-13(15)4-5-23-16)11-3-1-2-10(6-11)8-19-17(21)22/h1-7,19-20H,8-9H2,(H,21,22). The van der Waals surface area contributed by atoms with E-state index in [4.69, 9.17) is 9.52 Å². The summed E-state index contributed by atoms with van der Waals surface area (Å²) >= 11 is 0. The normalized spacial score (nSPS) is 10.9. The van der Waals surface area contributed by atoms with Crippen molar-refractivity contribution in [3.8, 4) is 11.1 Å². The highest BCUT2D eigenvalue weighted by molar-refractivity contribution is 5.93. The first-order chi connectivity index (χ1) is 11.1. The maximum atomic E-state index is 14.2. The SMILES string of the molecule is O=C(O)NCc1cccc(-c2cc(CO)c(F)c3ccoc23)c1. The summed E-state index contributed by atoms with van der Waals surface area (Å²) in [4.78, 5) is 10.6. The van der Waals surface area contributed by atoms with Crippen molar-refractivity contribution in [1.82, 2.24) is 5.32 Å². The van der Waals surface area contributed by atoms with E-state index < -0.39 is 18.5 Å². The molecule has 3 rings (SSSR count).